The molecule has 1 rings (SSSR count). The van der Waals surface area contributed by atoms with Gasteiger partial charge in [0.1, 0.15) is 0 Å². The molecule has 0 aliphatic heterocycles. The van der Waals surface area contributed by atoms with Gasteiger partial charge in [-0.1, -0.05) is 0 Å². The van der Waals surface area contributed by atoms with Gasteiger partial charge in [0.2, 0.25) is 0 Å². The van der Waals surface area contributed by atoms with Crippen molar-refractivity contribution < 1.29 is 0 Å². The first kappa shape index (κ1) is 9.57. The van der Waals surface area contributed by atoms with Crippen LogP contribution in [-0.2, 0) is 0 Å². The van der Waals surface area contributed by atoms with Gasteiger partial charge < -0.3 is 0 Å². The molecule has 0 N–H and O–H groups in total. The third-order valence-corrected chi connectivity index (χ3v) is 10.6. The van der Waals surface area contributed by atoms with Gasteiger partial charge in [-0.2, -0.15) is 0 Å². The zero-order chi connectivity index (χ0) is 8.10. The Morgan fingerprint density at radius 3 is 2.27 bits per heavy atom. The Bertz CT molecular complexity index is 199. The van der Waals surface area contributed by atoms with Crippen LogP contribution in [0.1, 0.15) is 0 Å². The van der Waals surface area contributed by atoms with E-state index in [-0.39, 0.29) is 0 Å². The van der Waals surface area contributed by atoms with Crippen LogP contribution in [0.15, 0.2) is 35.2 Å². The molecular formula is C8H11AsS2. The maximum absolute atomic E-state index is 2.35. The second-order valence-corrected chi connectivity index (χ2v) is 14.0. The van der Waals surface area contributed by atoms with Crippen molar-refractivity contribution in [2.45, 2.75) is 16.3 Å². The average Bonchev–Trinajstić information content (AvgIpc) is 2.03. The first-order valence-electron chi connectivity index (χ1n) is 3.36. The summed E-state index contributed by atoms with van der Waals surface area (Å²) in [4.78, 5) is 1.38. The molecule has 0 heterocycles. The molecule has 0 radical (unpaired) electrons. The van der Waals surface area contributed by atoms with Crippen LogP contribution in [0, 0.1) is 0 Å². The minimum absolute atomic E-state index is 0.518. The number of hydrogen-bond donors (Lipinski definition) is 0. The Balaban J connectivity index is 2.39. The fourth-order valence-electron chi connectivity index (χ4n) is 0.594. The first-order valence-corrected chi connectivity index (χ1v) is 11.5. The Hall–Kier alpha value is 0.478. The van der Waals surface area contributed by atoms with Gasteiger partial charge in [0, 0.05) is 0 Å². The zero-order valence-corrected chi connectivity index (χ0v) is 10.2. The van der Waals surface area contributed by atoms with Crippen LogP contribution in [0.5, 0.6) is 0 Å². The second kappa shape index (κ2) is 5.18. The Morgan fingerprint density at radius 2 is 1.73 bits per heavy atom. The van der Waals surface area contributed by atoms with Gasteiger partial charge in [0.15, 0.2) is 0 Å². The van der Waals surface area contributed by atoms with Crippen molar-refractivity contribution in [3.8, 4) is 0 Å². The van der Waals surface area contributed by atoms with Gasteiger partial charge in [0.05, 0.1) is 0 Å². The van der Waals surface area contributed by atoms with Gasteiger partial charge >= 0.3 is 80.0 Å². The van der Waals surface area contributed by atoms with Crippen LogP contribution in [0.3, 0.4) is 0 Å². The van der Waals surface area contributed by atoms with E-state index in [0.717, 1.165) is 0 Å². The molecule has 0 nitrogen and oxygen atoms in total. The molecule has 0 aromatic heterocycles. The molecule has 0 fully saturated rings. The molecule has 1 aromatic rings. The summed E-state index contributed by atoms with van der Waals surface area (Å²) in [6.07, 6.45) is 0. The van der Waals surface area contributed by atoms with Crippen molar-refractivity contribution in [2.24, 2.45) is 0 Å². The number of hydrogen-bond acceptors (Lipinski definition) is 2. The monoisotopic (exact) mass is 246 g/mol. The summed E-state index contributed by atoms with van der Waals surface area (Å²) < 4.78 is 0. The van der Waals surface area contributed by atoms with E-state index in [4.69, 9.17) is 0 Å². The van der Waals surface area contributed by atoms with Crippen LogP contribution in [-0.4, -0.2) is 13.5 Å². The molecule has 1 aromatic carbocycles. The Morgan fingerprint density at radius 1 is 1.09 bits per heavy atom. The molecule has 60 valence electrons. The topological polar surface area (TPSA) is 0 Å². The van der Waals surface area contributed by atoms with Gasteiger partial charge in [-0.05, 0) is 0 Å². The third kappa shape index (κ3) is 4.15. The summed E-state index contributed by atoms with van der Waals surface area (Å²) in [6.45, 7) is 0. The predicted molar refractivity (Wildman–Crippen MR) is 57.4 cm³/mol. The summed E-state index contributed by atoms with van der Waals surface area (Å²) in [5, 5.41) is 0. The van der Waals surface area contributed by atoms with E-state index in [9.17, 15) is 0 Å². The average molecular weight is 246 g/mol. The fraction of sp³-hybridized carbons (Fsp3) is 0.250. The van der Waals surface area contributed by atoms with E-state index in [1.54, 1.807) is 0 Å². The molecular weight excluding hydrogens is 235 g/mol. The first-order chi connectivity index (χ1) is 5.29. The molecule has 0 saturated heterocycles. The van der Waals surface area contributed by atoms with Gasteiger partial charge in [-0.25, -0.2) is 0 Å². The van der Waals surface area contributed by atoms with Crippen LogP contribution in [0.25, 0.3) is 0 Å². The molecule has 3 heteroatoms. The van der Waals surface area contributed by atoms with E-state index < -0.39 is 13.5 Å². The van der Waals surface area contributed by atoms with E-state index in [0.29, 0.717) is 0 Å². The second-order valence-electron chi connectivity index (χ2n) is 2.28. The van der Waals surface area contributed by atoms with E-state index in [2.05, 4.69) is 41.8 Å². The van der Waals surface area contributed by atoms with Gasteiger partial charge in [0.25, 0.3) is 0 Å². The Kier molecular flexibility index (Phi) is 4.51. The van der Waals surface area contributed by atoms with Crippen LogP contribution < -0.4 is 0 Å². The summed E-state index contributed by atoms with van der Waals surface area (Å²) >= 11 is -0.518. The van der Waals surface area contributed by atoms with Crippen LogP contribution >= 0.6 is 19.9 Å². The maximum atomic E-state index is 2.35. The third-order valence-electron chi connectivity index (χ3n) is 1.03. The minimum atomic E-state index is -0.518. The van der Waals surface area contributed by atoms with Crippen LogP contribution in [0.4, 0.5) is 0 Å². The summed E-state index contributed by atoms with van der Waals surface area (Å²) in [5.41, 5.74) is 4.71. The summed E-state index contributed by atoms with van der Waals surface area (Å²) in [6, 6.07) is 10.6. The molecule has 0 atom stereocenters. The zero-order valence-electron chi connectivity index (χ0n) is 6.65. The molecule has 0 unspecified atom stereocenters. The van der Waals surface area contributed by atoms with Gasteiger partial charge in [-0.15, -0.1) is 0 Å². The van der Waals surface area contributed by atoms with Crippen molar-refractivity contribution in [2.75, 3.05) is 0 Å². The van der Waals surface area contributed by atoms with E-state index in [1.807, 2.05) is 19.9 Å². The SMILES string of the molecule is C[As](C)SSc1ccccc1. The normalized spacial score (nSPS) is 10.5. The molecule has 0 saturated carbocycles. The summed E-state index contributed by atoms with van der Waals surface area (Å²) in [7, 11) is 3.96. The summed E-state index contributed by atoms with van der Waals surface area (Å²) in [5.74, 6) is 0. The van der Waals surface area contributed by atoms with Crippen molar-refractivity contribution in [3.05, 3.63) is 30.3 Å². The van der Waals surface area contributed by atoms with E-state index in [1.165, 1.54) is 4.90 Å². The standard InChI is InChI=1S/C8H11AsS2/c1-9(2)11-10-8-6-4-3-5-7-8/h3-7H,1-2H3. The van der Waals surface area contributed by atoms with Gasteiger partial charge in [-0.3, -0.25) is 0 Å². The van der Waals surface area contributed by atoms with Crippen molar-refractivity contribution in [3.63, 3.8) is 0 Å². The fourth-order valence-corrected chi connectivity index (χ4v) is 6.58. The predicted octanol–water partition coefficient (Wildman–Crippen LogP) is 3.68. The molecule has 11 heavy (non-hydrogen) atoms. The van der Waals surface area contributed by atoms with Crippen molar-refractivity contribution >= 4 is 33.3 Å². The van der Waals surface area contributed by atoms with E-state index >= 15 is 0 Å². The number of benzene rings is 1. The molecule has 0 amide bonds. The molecule has 0 bridgehead atoms. The molecule has 0 aliphatic carbocycles. The number of rotatable bonds is 3. The molecule has 0 aliphatic rings. The van der Waals surface area contributed by atoms with Crippen molar-refractivity contribution in [1.29, 1.82) is 0 Å². The Labute approximate surface area is 79.8 Å². The van der Waals surface area contributed by atoms with Crippen LogP contribution in [0.2, 0.25) is 11.4 Å². The molecule has 0 spiro atoms. The van der Waals surface area contributed by atoms with Crippen molar-refractivity contribution in [1.82, 2.24) is 0 Å². The quantitative estimate of drug-likeness (QED) is 0.589.